The predicted octanol–water partition coefficient (Wildman–Crippen LogP) is 3.78. The molecule has 0 spiro atoms. The Labute approximate surface area is 146 Å². The van der Waals surface area contributed by atoms with E-state index in [1.165, 1.54) is 44.4 Å². The molecule has 0 bridgehead atoms. The summed E-state index contributed by atoms with van der Waals surface area (Å²) in [5.41, 5.74) is 0.695. The van der Waals surface area contributed by atoms with E-state index < -0.39 is 23.8 Å². The van der Waals surface area contributed by atoms with E-state index in [1.54, 1.807) is 12.1 Å². The highest BCUT2D eigenvalue weighted by atomic mass is 79.9. The fourth-order valence-corrected chi connectivity index (χ4v) is 2.39. The van der Waals surface area contributed by atoms with Crippen LogP contribution in [0.1, 0.15) is 17.3 Å². The molecule has 2 aromatic carbocycles. The lowest BCUT2D eigenvalue weighted by atomic mass is 10.2. The van der Waals surface area contributed by atoms with Crippen LogP contribution in [0.2, 0.25) is 0 Å². The predicted molar refractivity (Wildman–Crippen MR) is 90.6 cm³/mol. The second kappa shape index (κ2) is 7.92. The maximum atomic E-state index is 12.8. The number of carbonyl (C=O) groups excluding carboxylic acids is 2. The van der Waals surface area contributed by atoms with Crippen LogP contribution < -0.4 is 10.1 Å². The first-order valence-corrected chi connectivity index (χ1v) is 7.81. The van der Waals surface area contributed by atoms with Crippen LogP contribution in [-0.2, 0) is 9.53 Å². The molecule has 0 saturated heterocycles. The van der Waals surface area contributed by atoms with Gasteiger partial charge in [0.25, 0.3) is 5.91 Å². The van der Waals surface area contributed by atoms with Crippen molar-refractivity contribution in [2.45, 2.75) is 13.0 Å². The van der Waals surface area contributed by atoms with E-state index in [9.17, 15) is 14.0 Å². The molecule has 0 fully saturated rings. The number of halogens is 2. The largest absolute Gasteiger partial charge is 0.496 e. The molecule has 0 aliphatic rings. The smallest absolute Gasteiger partial charge is 0.338 e. The zero-order valence-corrected chi connectivity index (χ0v) is 14.6. The average molecular weight is 396 g/mol. The van der Waals surface area contributed by atoms with E-state index in [0.29, 0.717) is 15.9 Å². The van der Waals surface area contributed by atoms with Crippen molar-refractivity contribution in [3.8, 4) is 5.75 Å². The van der Waals surface area contributed by atoms with Crippen LogP contribution in [0.25, 0.3) is 0 Å². The summed E-state index contributed by atoms with van der Waals surface area (Å²) >= 11 is 3.28. The fraction of sp³-hybridized carbons (Fsp3) is 0.176. The average Bonchev–Trinajstić information content (AvgIpc) is 2.56. The van der Waals surface area contributed by atoms with Crippen LogP contribution in [0, 0.1) is 5.82 Å². The number of nitrogens with one attached hydrogen (secondary N) is 1. The highest BCUT2D eigenvalue weighted by molar-refractivity contribution is 9.10. The van der Waals surface area contributed by atoms with Gasteiger partial charge in [-0.25, -0.2) is 9.18 Å². The molecule has 0 aromatic heterocycles. The van der Waals surface area contributed by atoms with Gasteiger partial charge in [0, 0.05) is 5.69 Å². The number of esters is 1. The van der Waals surface area contributed by atoms with Crippen LogP contribution in [0.15, 0.2) is 46.9 Å². The third-order valence-electron chi connectivity index (χ3n) is 3.15. The van der Waals surface area contributed by atoms with Crippen molar-refractivity contribution >= 4 is 33.5 Å². The van der Waals surface area contributed by atoms with Crippen molar-refractivity contribution in [3.05, 3.63) is 58.3 Å². The zero-order chi connectivity index (χ0) is 17.7. The molecule has 0 saturated carbocycles. The van der Waals surface area contributed by atoms with E-state index in [4.69, 9.17) is 9.47 Å². The Kier molecular flexibility index (Phi) is 5.92. The van der Waals surface area contributed by atoms with Crippen molar-refractivity contribution in [1.29, 1.82) is 0 Å². The molecule has 1 N–H and O–H groups in total. The number of methoxy groups -OCH3 is 1. The fourth-order valence-electron chi connectivity index (χ4n) is 1.85. The van der Waals surface area contributed by atoms with E-state index >= 15 is 0 Å². The molecule has 0 radical (unpaired) electrons. The Bertz CT molecular complexity index is 749. The summed E-state index contributed by atoms with van der Waals surface area (Å²) in [6.45, 7) is 1.45. The third-order valence-corrected chi connectivity index (χ3v) is 3.77. The molecule has 24 heavy (non-hydrogen) atoms. The molecule has 2 aromatic rings. The summed E-state index contributed by atoms with van der Waals surface area (Å²) in [4.78, 5) is 24.1. The van der Waals surface area contributed by atoms with E-state index in [1.807, 2.05) is 0 Å². The van der Waals surface area contributed by atoms with Gasteiger partial charge < -0.3 is 14.8 Å². The van der Waals surface area contributed by atoms with Gasteiger partial charge >= 0.3 is 5.97 Å². The summed E-state index contributed by atoms with van der Waals surface area (Å²) < 4.78 is 23.7. The first-order valence-electron chi connectivity index (χ1n) is 7.01. The van der Waals surface area contributed by atoms with Crippen LogP contribution >= 0.6 is 15.9 Å². The molecule has 126 valence electrons. The second-order valence-electron chi connectivity index (χ2n) is 4.89. The highest BCUT2D eigenvalue weighted by Gasteiger charge is 2.19. The van der Waals surface area contributed by atoms with Gasteiger partial charge in [-0.15, -0.1) is 0 Å². The lowest BCUT2D eigenvalue weighted by molar-refractivity contribution is -0.123. The van der Waals surface area contributed by atoms with Crippen molar-refractivity contribution < 1.29 is 23.5 Å². The molecular formula is C17H15BrFNO4. The van der Waals surface area contributed by atoms with Crippen LogP contribution in [0.5, 0.6) is 5.75 Å². The number of carbonyl (C=O) groups is 2. The number of rotatable bonds is 5. The molecule has 2 rings (SSSR count). The summed E-state index contributed by atoms with van der Waals surface area (Å²) in [5, 5.41) is 2.54. The number of hydrogen-bond donors (Lipinski definition) is 1. The van der Waals surface area contributed by atoms with Crippen molar-refractivity contribution in [3.63, 3.8) is 0 Å². The topological polar surface area (TPSA) is 64.6 Å². The molecule has 5 nitrogen and oxygen atoms in total. The quantitative estimate of drug-likeness (QED) is 0.782. The van der Waals surface area contributed by atoms with Crippen LogP contribution in [-0.4, -0.2) is 25.1 Å². The Morgan fingerprint density at radius 3 is 2.42 bits per heavy atom. The molecule has 1 amide bonds. The number of ether oxygens (including phenoxy) is 2. The van der Waals surface area contributed by atoms with Crippen molar-refractivity contribution in [2.75, 3.05) is 12.4 Å². The van der Waals surface area contributed by atoms with Crippen molar-refractivity contribution in [1.82, 2.24) is 0 Å². The van der Waals surface area contributed by atoms with Crippen LogP contribution in [0.3, 0.4) is 0 Å². The Balaban J connectivity index is 1.98. The first kappa shape index (κ1) is 17.9. The molecule has 1 atom stereocenters. The maximum absolute atomic E-state index is 12.8. The summed E-state index contributed by atoms with van der Waals surface area (Å²) in [5.74, 6) is -0.978. The van der Waals surface area contributed by atoms with Crippen molar-refractivity contribution in [2.24, 2.45) is 0 Å². The van der Waals surface area contributed by atoms with Gasteiger partial charge in [0.15, 0.2) is 6.10 Å². The Hall–Kier alpha value is -2.41. The monoisotopic (exact) mass is 395 g/mol. The molecule has 0 unspecified atom stereocenters. The van der Waals surface area contributed by atoms with Gasteiger partial charge in [-0.05, 0) is 65.3 Å². The van der Waals surface area contributed by atoms with Crippen LogP contribution in [0.4, 0.5) is 10.1 Å². The zero-order valence-electron chi connectivity index (χ0n) is 13.0. The standard InChI is InChI=1S/C17H15BrFNO4/c1-10(16(21)20-13-6-4-12(19)5-7-13)24-17(22)11-3-8-15(23-2)14(18)9-11/h3-10H,1-2H3,(H,20,21)/t10-/m1/s1. The number of anilines is 1. The highest BCUT2D eigenvalue weighted by Crippen LogP contribution is 2.26. The van der Waals surface area contributed by atoms with E-state index in [-0.39, 0.29) is 5.56 Å². The number of amides is 1. The molecule has 0 heterocycles. The molecular weight excluding hydrogens is 381 g/mol. The summed E-state index contributed by atoms with van der Waals surface area (Å²) in [6.07, 6.45) is -1.01. The van der Waals surface area contributed by atoms with Gasteiger partial charge in [0.2, 0.25) is 0 Å². The molecule has 7 heteroatoms. The first-order chi connectivity index (χ1) is 11.4. The third kappa shape index (κ3) is 4.55. The van der Waals surface area contributed by atoms with E-state index in [2.05, 4.69) is 21.2 Å². The summed E-state index contributed by atoms with van der Waals surface area (Å²) in [6, 6.07) is 9.99. The lowest BCUT2D eigenvalue weighted by Crippen LogP contribution is -2.30. The Morgan fingerprint density at radius 1 is 1.17 bits per heavy atom. The normalized spacial score (nSPS) is 11.5. The van der Waals surface area contributed by atoms with E-state index in [0.717, 1.165) is 0 Å². The minimum Gasteiger partial charge on any atom is -0.496 e. The SMILES string of the molecule is COc1ccc(C(=O)O[C@H](C)C(=O)Nc2ccc(F)cc2)cc1Br. The number of benzene rings is 2. The van der Waals surface area contributed by atoms with Gasteiger partial charge in [-0.2, -0.15) is 0 Å². The van der Waals surface area contributed by atoms with Gasteiger partial charge in [-0.3, -0.25) is 4.79 Å². The summed E-state index contributed by atoms with van der Waals surface area (Å²) in [7, 11) is 1.51. The molecule has 0 aliphatic carbocycles. The minimum atomic E-state index is -1.01. The Morgan fingerprint density at radius 2 is 1.83 bits per heavy atom. The second-order valence-corrected chi connectivity index (χ2v) is 5.75. The number of hydrogen-bond acceptors (Lipinski definition) is 4. The van der Waals surface area contributed by atoms with Gasteiger partial charge in [0.1, 0.15) is 11.6 Å². The van der Waals surface area contributed by atoms with Gasteiger partial charge in [0.05, 0.1) is 17.1 Å². The minimum absolute atomic E-state index is 0.282. The lowest BCUT2D eigenvalue weighted by Gasteiger charge is -2.14. The van der Waals surface area contributed by atoms with Gasteiger partial charge in [-0.1, -0.05) is 0 Å². The molecule has 0 aliphatic heterocycles. The maximum Gasteiger partial charge on any atom is 0.338 e.